The third kappa shape index (κ3) is 5.84. The van der Waals surface area contributed by atoms with Gasteiger partial charge >= 0.3 is 0 Å². The minimum absolute atomic E-state index is 0.250. The number of nitrogens with two attached hydrogens (primary N) is 3. The van der Waals surface area contributed by atoms with Crippen LogP contribution >= 0.6 is 0 Å². The quantitative estimate of drug-likeness (QED) is 0.302. The van der Waals surface area contributed by atoms with Gasteiger partial charge in [0.1, 0.15) is 6.23 Å². The summed E-state index contributed by atoms with van der Waals surface area (Å²) >= 11 is 0. The lowest BCUT2D eigenvalue weighted by molar-refractivity contribution is 0.163. The van der Waals surface area contributed by atoms with Crippen LogP contribution in [-0.2, 0) is 0 Å². The lowest BCUT2D eigenvalue weighted by atomic mass is 10.3. The Morgan fingerprint density at radius 1 is 1.29 bits per heavy atom. The van der Waals surface area contributed by atoms with Gasteiger partial charge in [0.05, 0.1) is 6.17 Å². The molecule has 0 spiro atoms. The maximum atomic E-state index is 8.34. The van der Waals surface area contributed by atoms with Crippen LogP contribution in [0, 0.1) is 0 Å². The summed E-state index contributed by atoms with van der Waals surface area (Å²) in [6, 6.07) is 0. The Bertz CT molecular complexity index is 39.4. The summed E-state index contributed by atoms with van der Waals surface area (Å²) in [5.41, 5.74) is 15.0. The van der Waals surface area contributed by atoms with Crippen LogP contribution in [0.2, 0.25) is 0 Å². The van der Waals surface area contributed by atoms with Crippen LogP contribution in [0.5, 0.6) is 0 Å². The summed E-state index contributed by atoms with van der Waals surface area (Å²) in [7, 11) is 0. The van der Waals surface area contributed by atoms with Crippen LogP contribution in [0.4, 0.5) is 0 Å². The molecule has 0 aliphatic rings. The van der Waals surface area contributed by atoms with Crippen molar-refractivity contribution in [2.75, 3.05) is 0 Å². The van der Waals surface area contributed by atoms with E-state index in [1.807, 2.05) is 0 Å². The first-order valence-electron chi connectivity index (χ1n) is 2.07. The Morgan fingerprint density at radius 3 is 1.71 bits per heavy atom. The number of hydrogen-bond acceptors (Lipinski definition) is 4. The first-order chi connectivity index (χ1) is 3.13. The molecule has 0 aliphatic heterocycles. The number of aliphatic hydroxyl groups is 1. The molecule has 7 heavy (non-hydrogen) atoms. The average molecular weight is 105 g/mol. The fourth-order valence-corrected chi connectivity index (χ4v) is 0.279. The number of rotatable bonds is 2. The van der Waals surface area contributed by atoms with Gasteiger partial charge in [-0.15, -0.1) is 0 Å². The molecule has 0 aromatic heterocycles. The molecule has 4 nitrogen and oxygen atoms in total. The van der Waals surface area contributed by atoms with E-state index in [0.29, 0.717) is 0 Å². The maximum absolute atomic E-state index is 8.34. The van der Waals surface area contributed by atoms with E-state index in [4.69, 9.17) is 22.3 Å². The SMILES string of the molecule is NC(N)CC(N)O. The van der Waals surface area contributed by atoms with E-state index in [-0.39, 0.29) is 6.42 Å². The normalized spacial score (nSPS) is 15.0. The zero-order valence-corrected chi connectivity index (χ0v) is 4.04. The Labute approximate surface area is 42.3 Å². The maximum Gasteiger partial charge on any atom is 0.105 e. The average Bonchev–Trinajstić information content (AvgIpc) is 1.27. The van der Waals surface area contributed by atoms with E-state index in [0.717, 1.165) is 0 Å². The van der Waals surface area contributed by atoms with Crippen molar-refractivity contribution in [3.63, 3.8) is 0 Å². The van der Waals surface area contributed by atoms with Gasteiger partial charge in [-0.3, -0.25) is 0 Å². The molecule has 4 heteroatoms. The molecule has 1 atom stereocenters. The summed E-state index contributed by atoms with van der Waals surface area (Å²) < 4.78 is 0. The highest BCUT2D eigenvalue weighted by atomic mass is 16.3. The summed E-state index contributed by atoms with van der Waals surface area (Å²) in [5.74, 6) is 0. The molecule has 0 rings (SSSR count). The van der Waals surface area contributed by atoms with E-state index in [1.165, 1.54) is 0 Å². The third-order valence-corrected chi connectivity index (χ3v) is 0.514. The predicted molar refractivity (Wildman–Crippen MR) is 27.0 cm³/mol. The highest BCUT2D eigenvalue weighted by Gasteiger charge is 1.97. The van der Waals surface area contributed by atoms with Crippen molar-refractivity contribution in [2.24, 2.45) is 17.2 Å². The summed E-state index contributed by atoms with van der Waals surface area (Å²) in [6.45, 7) is 0. The largest absolute Gasteiger partial charge is 0.379 e. The van der Waals surface area contributed by atoms with Crippen molar-refractivity contribution in [3.8, 4) is 0 Å². The van der Waals surface area contributed by atoms with Crippen LogP contribution < -0.4 is 17.2 Å². The van der Waals surface area contributed by atoms with Gasteiger partial charge < -0.3 is 22.3 Å². The van der Waals surface area contributed by atoms with Crippen molar-refractivity contribution in [1.82, 2.24) is 0 Å². The first-order valence-corrected chi connectivity index (χ1v) is 2.07. The van der Waals surface area contributed by atoms with Gasteiger partial charge in [0.15, 0.2) is 0 Å². The number of hydrogen-bond donors (Lipinski definition) is 4. The Morgan fingerprint density at radius 2 is 1.71 bits per heavy atom. The van der Waals surface area contributed by atoms with Crippen LogP contribution in [0.1, 0.15) is 6.42 Å². The van der Waals surface area contributed by atoms with Gasteiger partial charge in [0.25, 0.3) is 0 Å². The second kappa shape index (κ2) is 2.92. The van der Waals surface area contributed by atoms with E-state index in [9.17, 15) is 0 Å². The Balaban J connectivity index is 2.95. The Hall–Kier alpha value is -0.160. The summed E-state index contributed by atoms with van der Waals surface area (Å²) in [5, 5.41) is 8.34. The van der Waals surface area contributed by atoms with E-state index < -0.39 is 12.4 Å². The molecule has 0 aromatic carbocycles. The molecule has 0 bridgehead atoms. The molecule has 0 saturated carbocycles. The van der Waals surface area contributed by atoms with E-state index >= 15 is 0 Å². The predicted octanol–water partition coefficient (Wildman–Crippen LogP) is -2.10. The van der Waals surface area contributed by atoms with Gasteiger partial charge in [-0.2, -0.15) is 0 Å². The minimum atomic E-state index is -0.875. The van der Waals surface area contributed by atoms with Crippen LogP contribution in [-0.4, -0.2) is 17.5 Å². The van der Waals surface area contributed by atoms with E-state index in [1.54, 1.807) is 0 Å². The molecule has 44 valence electrons. The molecule has 1 unspecified atom stereocenters. The molecule has 0 heterocycles. The van der Waals surface area contributed by atoms with E-state index in [2.05, 4.69) is 0 Å². The molecular formula is C3H11N3O. The zero-order valence-electron chi connectivity index (χ0n) is 4.04. The van der Waals surface area contributed by atoms with Gasteiger partial charge in [-0.25, -0.2) is 0 Å². The van der Waals surface area contributed by atoms with Crippen molar-refractivity contribution in [1.29, 1.82) is 0 Å². The fraction of sp³-hybridized carbons (Fsp3) is 1.00. The molecule has 0 amide bonds. The first kappa shape index (κ1) is 6.84. The molecule has 0 aromatic rings. The lowest BCUT2D eigenvalue weighted by Crippen LogP contribution is -2.37. The third-order valence-electron chi connectivity index (χ3n) is 0.514. The van der Waals surface area contributed by atoms with Crippen molar-refractivity contribution in [2.45, 2.75) is 18.8 Å². The monoisotopic (exact) mass is 105 g/mol. The van der Waals surface area contributed by atoms with Gasteiger partial charge in [-0.05, 0) is 0 Å². The standard InChI is InChI=1S/C3H11N3O/c4-2(5)1-3(6)7/h2-3,7H,1,4-6H2. The van der Waals surface area contributed by atoms with Crippen LogP contribution in [0.15, 0.2) is 0 Å². The topological polar surface area (TPSA) is 98.3 Å². The van der Waals surface area contributed by atoms with Crippen molar-refractivity contribution < 1.29 is 5.11 Å². The zero-order chi connectivity index (χ0) is 5.86. The van der Waals surface area contributed by atoms with Crippen molar-refractivity contribution in [3.05, 3.63) is 0 Å². The molecular weight excluding hydrogens is 94.1 g/mol. The van der Waals surface area contributed by atoms with Crippen LogP contribution in [0.3, 0.4) is 0 Å². The lowest BCUT2D eigenvalue weighted by Gasteiger charge is -2.05. The summed E-state index contributed by atoms with van der Waals surface area (Å²) in [6.07, 6.45) is -1.13. The smallest absolute Gasteiger partial charge is 0.105 e. The molecule has 0 radical (unpaired) electrons. The van der Waals surface area contributed by atoms with Crippen LogP contribution in [0.25, 0.3) is 0 Å². The number of aliphatic hydroxyl groups excluding tert-OH is 1. The van der Waals surface area contributed by atoms with Gasteiger partial charge in [0.2, 0.25) is 0 Å². The fourth-order valence-electron chi connectivity index (χ4n) is 0.279. The minimum Gasteiger partial charge on any atom is -0.379 e. The molecule has 0 saturated heterocycles. The molecule has 0 aliphatic carbocycles. The highest BCUT2D eigenvalue weighted by molar-refractivity contribution is 4.53. The molecule has 7 N–H and O–H groups in total. The molecule has 0 fully saturated rings. The van der Waals surface area contributed by atoms with Gasteiger partial charge in [0, 0.05) is 6.42 Å². The van der Waals surface area contributed by atoms with Crippen molar-refractivity contribution >= 4 is 0 Å². The summed E-state index contributed by atoms with van der Waals surface area (Å²) in [4.78, 5) is 0. The van der Waals surface area contributed by atoms with Gasteiger partial charge in [-0.1, -0.05) is 0 Å². The highest BCUT2D eigenvalue weighted by Crippen LogP contribution is 1.79. The second-order valence-electron chi connectivity index (χ2n) is 1.47. The Kier molecular flexibility index (Phi) is 2.86. The second-order valence-corrected chi connectivity index (χ2v) is 1.47.